The smallest absolute Gasteiger partial charge is 0.331 e. The van der Waals surface area contributed by atoms with E-state index in [1.54, 1.807) is 19.2 Å². The monoisotopic (exact) mass is 384 g/mol. The molecule has 0 heterocycles. The van der Waals surface area contributed by atoms with Crippen molar-refractivity contribution in [2.45, 2.75) is 19.6 Å². The molecular weight excluding hydrogens is 364 g/mol. The summed E-state index contributed by atoms with van der Waals surface area (Å²) < 4.78 is 10.1. The lowest BCUT2D eigenvalue weighted by atomic mass is 10.2. The summed E-state index contributed by atoms with van der Waals surface area (Å²) in [5.74, 6) is -0.393. The van der Waals surface area contributed by atoms with E-state index in [0.717, 1.165) is 17.4 Å². The third-order valence-electron chi connectivity index (χ3n) is 3.80. The van der Waals surface area contributed by atoms with Crippen LogP contribution >= 0.6 is 0 Å². The second kappa shape index (κ2) is 9.86. The van der Waals surface area contributed by atoms with Gasteiger partial charge in [0.1, 0.15) is 5.75 Å². The van der Waals surface area contributed by atoms with Crippen molar-refractivity contribution in [1.82, 2.24) is 5.32 Å². The summed E-state index contributed by atoms with van der Waals surface area (Å²) in [6.45, 7) is 1.77. The zero-order valence-electron chi connectivity index (χ0n) is 15.5. The molecule has 0 aliphatic heterocycles. The first-order valence-electron chi connectivity index (χ1n) is 8.43. The summed E-state index contributed by atoms with van der Waals surface area (Å²) in [4.78, 5) is 34.0. The number of nitrogens with one attached hydrogen (secondary N) is 1. The molecule has 1 amide bonds. The Morgan fingerprint density at radius 3 is 2.36 bits per heavy atom. The minimum Gasteiger partial charge on any atom is -0.497 e. The average Bonchev–Trinajstić information content (AvgIpc) is 2.71. The minimum absolute atomic E-state index is 0.0399. The number of amides is 1. The number of carbonyl (C=O) groups is 2. The van der Waals surface area contributed by atoms with Crippen LogP contribution in [0.15, 0.2) is 54.6 Å². The summed E-state index contributed by atoms with van der Waals surface area (Å²) >= 11 is 0. The number of benzene rings is 2. The Kier molecular flexibility index (Phi) is 7.27. The number of nitro benzene ring substituents is 1. The Morgan fingerprint density at radius 1 is 1.14 bits per heavy atom. The molecule has 0 radical (unpaired) electrons. The first kappa shape index (κ1) is 20.6. The number of hydrogen-bond donors (Lipinski definition) is 1. The Labute approximate surface area is 161 Å². The van der Waals surface area contributed by atoms with Crippen LogP contribution < -0.4 is 10.1 Å². The predicted molar refractivity (Wildman–Crippen MR) is 103 cm³/mol. The van der Waals surface area contributed by atoms with Crippen molar-refractivity contribution in [3.8, 4) is 5.75 Å². The van der Waals surface area contributed by atoms with Crippen LogP contribution in [-0.2, 0) is 20.9 Å². The van der Waals surface area contributed by atoms with E-state index < -0.39 is 22.9 Å². The molecule has 8 heteroatoms. The van der Waals surface area contributed by atoms with Gasteiger partial charge in [0.15, 0.2) is 6.10 Å². The molecule has 2 rings (SSSR count). The number of hydrogen-bond acceptors (Lipinski definition) is 6. The number of esters is 1. The van der Waals surface area contributed by atoms with Crippen molar-refractivity contribution in [2.75, 3.05) is 7.11 Å². The minimum atomic E-state index is -0.966. The maximum atomic E-state index is 12.0. The van der Waals surface area contributed by atoms with Crippen LogP contribution in [-0.4, -0.2) is 30.0 Å². The number of ether oxygens (including phenoxy) is 2. The highest BCUT2D eigenvalue weighted by Crippen LogP contribution is 2.13. The molecule has 0 saturated heterocycles. The largest absolute Gasteiger partial charge is 0.497 e. The number of nitro groups is 1. The summed E-state index contributed by atoms with van der Waals surface area (Å²) in [7, 11) is 1.57. The highest BCUT2D eigenvalue weighted by atomic mass is 16.6. The molecule has 0 aromatic heterocycles. The van der Waals surface area contributed by atoms with Gasteiger partial charge in [0.25, 0.3) is 11.6 Å². The number of carbonyl (C=O) groups excluding carboxylic acids is 2. The molecule has 8 nitrogen and oxygen atoms in total. The van der Waals surface area contributed by atoms with E-state index in [1.165, 1.54) is 37.3 Å². The molecule has 28 heavy (non-hydrogen) atoms. The summed E-state index contributed by atoms with van der Waals surface area (Å²) in [6, 6.07) is 12.9. The first-order valence-corrected chi connectivity index (χ1v) is 8.43. The van der Waals surface area contributed by atoms with Crippen molar-refractivity contribution >= 4 is 23.6 Å². The van der Waals surface area contributed by atoms with Gasteiger partial charge >= 0.3 is 5.97 Å². The molecule has 1 atom stereocenters. The van der Waals surface area contributed by atoms with Gasteiger partial charge < -0.3 is 14.8 Å². The molecule has 0 aliphatic carbocycles. The molecule has 0 saturated carbocycles. The van der Waals surface area contributed by atoms with Gasteiger partial charge in [-0.1, -0.05) is 12.1 Å². The van der Waals surface area contributed by atoms with Crippen LogP contribution in [0.25, 0.3) is 6.08 Å². The van der Waals surface area contributed by atoms with Crippen molar-refractivity contribution < 1.29 is 24.0 Å². The number of methoxy groups -OCH3 is 1. The normalized spacial score (nSPS) is 11.6. The van der Waals surface area contributed by atoms with E-state index in [-0.39, 0.29) is 5.69 Å². The highest BCUT2D eigenvalue weighted by Gasteiger charge is 2.16. The molecular formula is C20H20N2O6. The van der Waals surface area contributed by atoms with Crippen molar-refractivity contribution in [3.63, 3.8) is 0 Å². The zero-order chi connectivity index (χ0) is 20.5. The summed E-state index contributed by atoms with van der Waals surface area (Å²) in [5.41, 5.74) is 1.44. The summed E-state index contributed by atoms with van der Waals surface area (Å²) in [6.07, 6.45) is 1.65. The first-order chi connectivity index (χ1) is 13.4. The van der Waals surface area contributed by atoms with Gasteiger partial charge in [-0.2, -0.15) is 0 Å². The fourth-order valence-corrected chi connectivity index (χ4v) is 2.21. The SMILES string of the molecule is COc1ccc(CNC(=O)[C@H](C)OC(=O)/C=C/c2ccc([N+](=O)[O-])cc2)cc1. The summed E-state index contributed by atoms with van der Waals surface area (Å²) in [5, 5.41) is 13.3. The Morgan fingerprint density at radius 2 is 1.79 bits per heavy atom. The van der Waals surface area contributed by atoms with E-state index in [2.05, 4.69) is 5.32 Å². The van der Waals surface area contributed by atoms with Crippen LogP contribution in [0.3, 0.4) is 0 Å². The Hall–Kier alpha value is -3.68. The Bertz CT molecular complexity index is 859. The van der Waals surface area contributed by atoms with Crippen LogP contribution in [0.4, 0.5) is 5.69 Å². The third kappa shape index (κ3) is 6.24. The molecule has 0 unspecified atom stereocenters. The quantitative estimate of drug-likeness (QED) is 0.324. The van der Waals surface area contributed by atoms with E-state index in [4.69, 9.17) is 9.47 Å². The van der Waals surface area contributed by atoms with E-state index in [9.17, 15) is 19.7 Å². The molecule has 1 N–H and O–H groups in total. The molecule has 0 aliphatic rings. The van der Waals surface area contributed by atoms with Gasteiger partial charge in [0.05, 0.1) is 12.0 Å². The van der Waals surface area contributed by atoms with E-state index >= 15 is 0 Å². The average molecular weight is 384 g/mol. The molecule has 0 fully saturated rings. The Balaban J connectivity index is 1.81. The van der Waals surface area contributed by atoms with Crippen LogP contribution in [0.2, 0.25) is 0 Å². The van der Waals surface area contributed by atoms with E-state index in [1.807, 2.05) is 12.1 Å². The van der Waals surface area contributed by atoms with E-state index in [0.29, 0.717) is 12.1 Å². The molecule has 2 aromatic carbocycles. The molecule has 0 spiro atoms. The highest BCUT2D eigenvalue weighted by molar-refractivity contribution is 5.90. The maximum absolute atomic E-state index is 12.0. The van der Waals surface area contributed by atoms with Crippen molar-refractivity contribution in [3.05, 3.63) is 75.8 Å². The van der Waals surface area contributed by atoms with Crippen LogP contribution in [0, 0.1) is 10.1 Å². The lowest BCUT2D eigenvalue weighted by Crippen LogP contribution is -2.35. The second-order valence-corrected chi connectivity index (χ2v) is 5.83. The number of rotatable bonds is 8. The van der Waals surface area contributed by atoms with Gasteiger partial charge in [-0.05, 0) is 48.4 Å². The topological polar surface area (TPSA) is 108 Å². The number of non-ortho nitro benzene ring substituents is 1. The standard InChI is InChI=1S/C20H20N2O6/c1-14(20(24)21-13-16-5-10-18(27-2)11-6-16)28-19(23)12-7-15-3-8-17(9-4-15)22(25)26/h3-12,14H,13H2,1-2H3,(H,21,24)/b12-7+/t14-/m0/s1. The fraction of sp³-hybridized carbons (Fsp3) is 0.200. The zero-order valence-corrected chi connectivity index (χ0v) is 15.5. The fourth-order valence-electron chi connectivity index (χ4n) is 2.21. The van der Waals surface area contributed by atoms with Gasteiger partial charge in [0.2, 0.25) is 0 Å². The van der Waals surface area contributed by atoms with Gasteiger partial charge in [-0.3, -0.25) is 14.9 Å². The van der Waals surface area contributed by atoms with Crippen LogP contribution in [0.5, 0.6) is 5.75 Å². The van der Waals surface area contributed by atoms with Gasteiger partial charge in [-0.25, -0.2) is 4.79 Å². The van der Waals surface area contributed by atoms with Gasteiger partial charge in [-0.15, -0.1) is 0 Å². The molecule has 146 valence electrons. The lowest BCUT2D eigenvalue weighted by molar-refractivity contribution is -0.384. The second-order valence-electron chi connectivity index (χ2n) is 5.83. The molecule has 0 bridgehead atoms. The van der Waals surface area contributed by atoms with Gasteiger partial charge in [0, 0.05) is 24.8 Å². The third-order valence-corrected chi connectivity index (χ3v) is 3.80. The predicted octanol–water partition coefficient (Wildman–Crippen LogP) is 2.86. The lowest BCUT2D eigenvalue weighted by Gasteiger charge is -2.12. The number of nitrogens with zero attached hydrogens (tertiary/aromatic N) is 1. The molecule has 2 aromatic rings. The van der Waals surface area contributed by atoms with Crippen LogP contribution in [0.1, 0.15) is 18.1 Å². The van der Waals surface area contributed by atoms with Crippen molar-refractivity contribution in [1.29, 1.82) is 0 Å². The van der Waals surface area contributed by atoms with Crippen molar-refractivity contribution in [2.24, 2.45) is 0 Å². The maximum Gasteiger partial charge on any atom is 0.331 e.